The molecule has 0 bridgehead atoms. The fraction of sp³-hybridized carbons (Fsp3) is 0.452. The van der Waals surface area contributed by atoms with Gasteiger partial charge >= 0.3 is 18.4 Å². The standard InChI is InChI=1S/C31H35F3N4O5S/c1-8-44(41,36-26(39)42-28(2,3)4)21-13-14-24(37-18-30(17-35,19-37)31(32,33)34)22(16-21)25-15-20-11-9-10-12-23(20)38(25)27(40)43-29(5,6)7/h9-16H,8,18-19H2,1-7H3. The highest BCUT2D eigenvalue weighted by atomic mass is 32.2. The lowest BCUT2D eigenvalue weighted by molar-refractivity contribution is -0.209. The molecule has 3 aromatic rings. The Kier molecular flexibility index (Phi) is 8.32. The third-order valence-electron chi connectivity index (χ3n) is 6.92. The average Bonchev–Trinajstić information content (AvgIpc) is 3.25. The molecule has 236 valence electrons. The number of ether oxygens (including phenoxy) is 2. The molecule has 1 aliphatic rings. The highest BCUT2D eigenvalue weighted by molar-refractivity contribution is 7.93. The minimum absolute atomic E-state index is 0.0740. The van der Waals surface area contributed by atoms with E-state index in [0.29, 0.717) is 10.9 Å². The van der Waals surface area contributed by atoms with Gasteiger partial charge in [-0.05, 0) is 71.9 Å². The number of halogens is 3. The summed E-state index contributed by atoms with van der Waals surface area (Å²) in [4.78, 5) is 27.7. The van der Waals surface area contributed by atoms with Crippen molar-refractivity contribution >= 4 is 38.5 Å². The highest BCUT2D eigenvalue weighted by Gasteiger charge is 2.63. The van der Waals surface area contributed by atoms with Crippen LogP contribution in [0, 0.1) is 16.7 Å². The summed E-state index contributed by atoms with van der Waals surface area (Å²) >= 11 is 0. The van der Waals surface area contributed by atoms with Crippen molar-refractivity contribution in [3.05, 3.63) is 48.5 Å². The minimum Gasteiger partial charge on any atom is -0.443 e. The summed E-state index contributed by atoms with van der Waals surface area (Å²) < 4.78 is 71.8. The molecule has 1 aliphatic heterocycles. The molecule has 1 atom stereocenters. The number of aromatic nitrogens is 1. The van der Waals surface area contributed by atoms with E-state index in [-0.39, 0.29) is 27.6 Å². The van der Waals surface area contributed by atoms with E-state index in [0.717, 1.165) is 0 Å². The Hall–Kier alpha value is -4.05. The summed E-state index contributed by atoms with van der Waals surface area (Å²) in [5.41, 5.74) is -3.07. The van der Waals surface area contributed by atoms with Crippen LogP contribution < -0.4 is 4.90 Å². The largest absolute Gasteiger partial charge is 0.443 e. The maximum atomic E-state index is 14.1. The molecule has 1 amide bonds. The van der Waals surface area contributed by atoms with E-state index in [4.69, 9.17) is 9.47 Å². The van der Waals surface area contributed by atoms with Crippen LogP contribution in [0.15, 0.2) is 57.8 Å². The van der Waals surface area contributed by atoms with Gasteiger partial charge in [0.05, 0.1) is 27.0 Å². The molecular formula is C31H35F3N4O5S. The van der Waals surface area contributed by atoms with Crippen LogP contribution in [0.3, 0.4) is 0 Å². The van der Waals surface area contributed by atoms with E-state index >= 15 is 0 Å². The monoisotopic (exact) mass is 632 g/mol. The van der Waals surface area contributed by atoms with Crippen molar-refractivity contribution in [2.45, 2.75) is 70.7 Å². The molecule has 0 N–H and O–H groups in total. The summed E-state index contributed by atoms with van der Waals surface area (Å²) in [6.07, 6.45) is -6.51. The van der Waals surface area contributed by atoms with Crippen molar-refractivity contribution in [3.63, 3.8) is 0 Å². The molecule has 0 radical (unpaired) electrons. The maximum Gasteiger partial charge on any atom is 0.442 e. The van der Waals surface area contributed by atoms with Crippen LogP contribution in [-0.2, 0) is 19.2 Å². The van der Waals surface area contributed by atoms with Gasteiger partial charge in [0.2, 0.25) is 0 Å². The van der Waals surface area contributed by atoms with Crippen molar-refractivity contribution in [3.8, 4) is 17.3 Å². The summed E-state index contributed by atoms with van der Waals surface area (Å²) in [6, 6.07) is 14.4. The Morgan fingerprint density at radius 2 is 1.61 bits per heavy atom. The van der Waals surface area contributed by atoms with E-state index in [1.165, 1.54) is 33.7 Å². The number of nitriles is 1. The number of hydrogen-bond acceptors (Lipinski definition) is 7. The number of fused-ring (bicyclic) bond motifs is 1. The fourth-order valence-electron chi connectivity index (χ4n) is 4.83. The number of nitrogens with zero attached hydrogens (tertiary/aromatic N) is 4. The third-order valence-corrected chi connectivity index (χ3v) is 9.14. The number of anilines is 1. The second-order valence-electron chi connectivity index (χ2n) is 12.6. The summed E-state index contributed by atoms with van der Waals surface area (Å²) in [5.74, 6) is -0.0740. The Labute approximate surface area is 254 Å². The Morgan fingerprint density at radius 3 is 2.16 bits per heavy atom. The molecule has 0 aliphatic carbocycles. The van der Waals surface area contributed by atoms with Gasteiger partial charge in [0, 0.05) is 40.4 Å². The van der Waals surface area contributed by atoms with E-state index in [9.17, 15) is 32.2 Å². The van der Waals surface area contributed by atoms with Crippen molar-refractivity contribution < 1.29 is 36.4 Å². The average molecular weight is 633 g/mol. The number of alkyl halides is 3. The predicted molar refractivity (Wildman–Crippen MR) is 161 cm³/mol. The lowest BCUT2D eigenvalue weighted by Gasteiger charge is -2.48. The van der Waals surface area contributed by atoms with Gasteiger partial charge in [-0.15, -0.1) is 4.36 Å². The molecule has 2 aromatic carbocycles. The zero-order chi connectivity index (χ0) is 32.9. The molecule has 2 heterocycles. The highest BCUT2D eigenvalue weighted by Crippen LogP contribution is 2.49. The van der Waals surface area contributed by atoms with E-state index in [2.05, 4.69) is 4.36 Å². The molecule has 1 saturated heterocycles. The van der Waals surface area contributed by atoms with Gasteiger partial charge in [-0.3, -0.25) is 0 Å². The van der Waals surface area contributed by atoms with Crippen LogP contribution in [0.25, 0.3) is 22.2 Å². The quantitative estimate of drug-likeness (QED) is 0.289. The van der Waals surface area contributed by atoms with Crippen molar-refractivity contribution in [2.24, 2.45) is 9.78 Å². The first kappa shape index (κ1) is 32.9. The lowest BCUT2D eigenvalue weighted by atomic mass is 9.79. The van der Waals surface area contributed by atoms with Crippen LogP contribution in [0.1, 0.15) is 48.5 Å². The number of rotatable bonds is 4. The Balaban J connectivity index is 1.98. The first-order valence-electron chi connectivity index (χ1n) is 13.9. The van der Waals surface area contributed by atoms with Crippen LogP contribution >= 0.6 is 0 Å². The van der Waals surface area contributed by atoms with Crippen LogP contribution in [-0.4, -0.2) is 57.2 Å². The van der Waals surface area contributed by atoms with Crippen LogP contribution in [0.5, 0.6) is 0 Å². The first-order chi connectivity index (χ1) is 20.2. The number of carbonyl (C=O) groups excluding carboxylic acids is 2. The van der Waals surface area contributed by atoms with Gasteiger partial charge in [0.1, 0.15) is 11.2 Å². The molecule has 1 unspecified atom stereocenters. The first-order valence-corrected chi connectivity index (χ1v) is 15.6. The second kappa shape index (κ2) is 11.1. The maximum absolute atomic E-state index is 14.1. The van der Waals surface area contributed by atoms with Gasteiger partial charge in [0.15, 0.2) is 5.41 Å². The smallest absolute Gasteiger partial charge is 0.442 e. The SMILES string of the molecule is CCS(=O)(=NC(=O)OC(C)(C)C)c1ccc(N2CC(C#N)(C(F)(F)F)C2)c(-c2cc3ccccc3n2C(=O)OC(C)(C)C)c1. The van der Waals surface area contributed by atoms with Crippen molar-refractivity contribution in [2.75, 3.05) is 23.7 Å². The van der Waals surface area contributed by atoms with Gasteiger partial charge in [-0.1, -0.05) is 25.1 Å². The number of carbonyl (C=O) groups is 2. The van der Waals surface area contributed by atoms with Gasteiger partial charge < -0.3 is 14.4 Å². The lowest BCUT2D eigenvalue weighted by Crippen LogP contribution is -2.63. The summed E-state index contributed by atoms with van der Waals surface area (Å²) in [5, 5.41) is 10.1. The molecule has 44 heavy (non-hydrogen) atoms. The molecule has 0 saturated carbocycles. The number of para-hydroxylation sites is 1. The van der Waals surface area contributed by atoms with Gasteiger partial charge in [0.25, 0.3) is 0 Å². The van der Waals surface area contributed by atoms with E-state index < -0.39 is 57.8 Å². The van der Waals surface area contributed by atoms with Gasteiger partial charge in [-0.25, -0.2) is 18.4 Å². The zero-order valence-electron chi connectivity index (χ0n) is 25.6. The number of hydrogen-bond donors (Lipinski definition) is 0. The molecule has 13 heteroatoms. The minimum atomic E-state index is -4.76. The van der Waals surface area contributed by atoms with Crippen molar-refractivity contribution in [1.82, 2.24) is 4.57 Å². The molecule has 1 fully saturated rings. The van der Waals surface area contributed by atoms with E-state index in [1.54, 1.807) is 78.8 Å². The van der Waals surface area contributed by atoms with Crippen molar-refractivity contribution in [1.29, 1.82) is 5.26 Å². The predicted octanol–water partition coefficient (Wildman–Crippen LogP) is 7.77. The number of benzene rings is 2. The fourth-order valence-corrected chi connectivity index (χ4v) is 6.25. The summed E-state index contributed by atoms with van der Waals surface area (Å²) in [6.45, 7) is 10.3. The summed E-state index contributed by atoms with van der Waals surface area (Å²) in [7, 11) is -3.41. The molecule has 9 nitrogen and oxygen atoms in total. The van der Waals surface area contributed by atoms with Crippen LogP contribution in [0.4, 0.5) is 28.4 Å². The Bertz CT molecular complexity index is 1780. The third kappa shape index (κ3) is 6.40. The molecule has 1 aromatic heterocycles. The second-order valence-corrected chi connectivity index (χ2v) is 15.1. The normalized spacial score (nSPS) is 16.4. The topological polar surface area (TPSA) is 114 Å². The molecule has 0 spiro atoms. The van der Waals surface area contributed by atoms with Gasteiger partial charge in [-0.2, -0.15) is 18.4 Å². The van der Waals surface area contributed by atoms with E-state index in [1.807, 2.05) is 0 Å². The van der Waals surface area contributed by atoms with Crippen LogP contribution in [0.2, 0.25) is 0 Å². The molecular weight excluding hydrogens is 597 g/mol. The Morgan fingerprint density at radius 1 is 1.00 bits per heavy atom. The molecule has 4 rings (SSSR count). The number of amides is 1. The zero-order valence-corrected chi connectivity index (χ0v) is 26.4.